The van der Waals surface area contributed by atoms with Gasteiger partial charge in [-0.3, -0.25) is 9.59 Å². The van der Waals surface area contributed by atoms with Crippen molar-refractivity contribution in [3.05, 3.63) is 119 Å². The van der Waals surface area contributed by atoms with Gasteiger partial charge in [-0.15, -0.1) is 0 Å². The highest BCUT2D eigenvalue weighted by Gasteiger charge is 2.49. The first-order chi connectivity index (χ1) is 25.2. The van der Waals surface area contributed by atoms with Gasteiger partial charge in [-0.05, 0) is 47.4 Å². The summed E-state index contributed by atoms with van der Waals surface area (Å²) in [7, 11) is 8.33. The van der Waals surface area contributed by atoms with E-state index >= 15 is 0 Å². The van der Waals surface area contributed by atoms with Crippen LogP contribution in [0.25, 0.3) is 0 Å². The molecule has 4 aromatic rings. The van der Waals surface area contributed by atoms with Crippen molar-refractivity contribution < 1.29 is 57.1 Å². The smallest absolute Gasteiger partial charge is 0.351 e. The summed E-state index contributed by atoms with van der Waals surface area (Å²) in [5, 5.41) is 0. The molecule has 0 radical (unpaired) electrons. The van der Waals surface area contributed by atoms with E-state index in [2.05, 4.69) is 0 Å². The predicted octanol–water partition coefficient (Wildman–Crippen LogP) is 5.56. The molecule has 0 N–H and O–H groups in total. The lowest BCUT2D eigenvalue weighted by atomic mass is 9.66. The Morgan fingerprint density at radius 2 is 1.04 bits per heavy atom. The molecule has 5 rings (SSSR count). The van der Waals surface area contributed by atoms with E-state index in [1.54, 1.807) is 91.0 Å². The zero-order chi connectivity index (χ0) is 37.4. The lowest BCUT2D eigenvalue weighted by Crippen LogP contribution is -2.43. The van der Waals surface area contributed by atoms with Gasteiger partial charge in [0.25, 0.3) is 0 Å². The van der Waals surface area contributed by atoms with Crippen LogP contribution in [0, 0.1) is 11.8 Å². The summed E-state index contributed by atoms with van der Waals surface area (Å²) in [4.78, 5) is 55.4. The Labute approximate surface area is 301 Å². The van der Waals surface area contributed by atoms with E-state index in [9.17, 15) is 19.2 Å². The standard InChI is InChI=1S/C40H40O12/c1-45-29-18-17-25(20-30(29)46-2)33-27-22-32(48-4)31(47-3)21-26(27)19-28(37(41)51-35(39(43)49-5)23-13-9-7-10-14-23)34(33)38(42)52-36(40(44)50-6)24-15-11-8-12-16-24/h7-18,20-22,28,33-36H,19H2,1-6H3/t28-,33-,34+,35+,36+/m1/s1. The maximum absolute atomic E-state index is 14.8. The molecule has 0 fully saturated rings. The molecule has 0 heterocycles. The number of carbonyl (C=O) groups excluding carboxylic acids is 4. The topological polar surface area (TPSA) is 142 Å². The van der Waals surface area contributed by atoms with E-state index in [0.717, 1.165) is 0 Å². The van der Waals surface area contributed by atoms with Crippen LogP contribution in [-0.4, -0.2) is 66.5 Å². The van der Waals surface area contributed by atoms with E-state index < -0.39 is 53.8 Å². The zero-order valence-electron chi connectivity index (χ0n) is 29.7. The van der Waals surface area contributed by atoms with Gasteiger partial charge in [0.05, 0.1) is 54.5 Å². The SMILES string of the molecule is COC(=O)[C@@H](OC(=O)[C@@H]1[C@H](c2ccc(OC)c(OC)c2)c2cc(OC)c(OC)cc2C[C@H]1C(=O)O[C@H](C(=O)OC)c1ccccc1)c1ccccc1. The van der Waals surface area contributed by atoms with Crippen LogP contribution in [-0.2, 0) is 44.5 Å². The first-order valence-electron chi connectivity index (χ1n) is 16.3. The highest BCUT2D eigenvalue weighted by atomic mass is 16.6. The van der Waals surface area contributed by atoms with Gasteiger partial charge in [-0.1, -0.05) is 66.7 Å². The summed E-state index contributed by atoms with van der Waals surface area (Å²) in [6.07, 6.45) is -2.93. The molecule has 5 atom stereocenters. The molecule has 0 saturated carbocycles. The average molecular weight is 713 g/mol. The first-order valence-corrected chi connectivity index (χ1v) is 16.3. The maximum Gasteiger partial charge on any atom is 0.351 e. The van der Waals surface area contributed by atoms with Crippen molar-refractivity contribution in [3.8, 4) is 23.0 Å². The number of benzene rings is 4. The first kappa shape index (κ1) is 37.2. The third-order valence-electron chi connectivity index (χ3n) is 9.06. The van der Waals surface area contributed by atoms with Crippen molar-refractivity contribution in [2.45, 2.75) is 24.5 Å². The second-order valence-corrected chi connectivity index (χ2v) is 11.8. The Morgan fingerprint density at radius 3 is 1.54 bits per heavy atom. The van der Waals surface area contributed by atoms with Gasteiger partial charge in [-0.25, -0.2) is 9.59 Å². The lowest BCUT2D eigenvalue weighted by Gasteiger charge is -2.38. The number of fused-ring (bicyclic) bond motifs is 1. The third kappa shape index (κ3) is 7.65. The van der Waals surface area contributed by atoms with Crippen molar-refractivity contribution in [1.82, 2.24) is 0 Å². The Kier molecular flexibility index (Phi) is 12.0. The molecule has 12 nitrogen and oxygen atoms in total. The van der Waals surface area contributed by atoms with Gasteiger partial charge in [0, 0.05) is 17.0 Å². The van der Waals surface area contributed by atoms with Gasteiger partial charge in [0.15, 0.2) is 23.0 Å². The fourth-order valence-corrected chi connectivity index (χ4v) is 6.53. The minimum Gasteiger partial charge on any atom is -0.493 e. The maximum atomic E-state index is 14.8. The van der Waals surface area contributed by atoms with Crippen molar-refractivity contribution in [2.24, 2.45) is 11.8 Å². The minimum absolute atomic E-state index is 0.0328. The van der Waals surface area contributed by atoms with Crippen molar-refractivity contribution >= 4 is 23.9 Å². The molecule has 0 bridgehead atoms. The highest BCUT2D eigenvalue weighted by Crippen LogP contribution is 2.50. The summed E-state index contributed by atoms with van der Waals surface area (Å²) in [5.74, 6) is -5.30. The zero-order valence-corrected chi connectivity index (χ0v) is 29.7. The van der Waals surface area contributed by atoms with Gasteiger partial charge in [-0.2, -0.15) is 0 Å². The van der Waals surface area contributed by atoms with Crippen LogP contribution in [0.4, 0.5) is 0 Å². The summed E-state index contributed by atoms with van der Waals surface area (Å²) < 4.78 is 44.4. The van der Waals surface area contributed by atoms with Crippen LogP contribution < -0.4 is 18.9 Å². The van der Waals surface area contributed by atoms with Crippen LogP contribution in [0.5, 0.6) is 23.0 Å². The summed E-state index contributed by atoms with van der Waals surface area (Å²) in [6, 6.07) is 25.4. The minimum atomic E-state index is -1.46. The van der Waals surface area contributed by atoms with E-state index in [1.165, 1.54) is 42.7 Å². The highest BCUT2D eigenvalue weighted by molar-refractivity contribution is 5.89. The number of esters is 4. The molecule has 1 aliphatic rings. The van der Waals surface area contributed by atoms with Gasteiger partial charge in [0.2, 0.25) is 12.2 Å². The molecule has 1 aliphatic carbocycles. The summed E-state index contributed by atoms with van der Waals surface area (Å²) in [6.45, 7) is 0. The van der Waals surface area contributed by atoms with Crippen molar-refractivity contribution in [3.63, 3.8) is 0 Å². The normalized spacial score (nSPS) is 17.3. The van der Waals surface area contributed by atoms with Crippen molar-refractivity contribution in [1.29, 1.82) is 0 Å². The molecule has 0 saturated heterocycles. The third-order valence-corrected chi connectivity index (χ3v) is 9.06. The molecule has 272 valence electrons. The monoisotopic (exact) mass is 712 g/mol. The number of carbonyl (C=O) groups is 4. The fourth-order valence-electron chi connectivity index (χ4n) is 6.53. The van der Waals surface area contributed by atoms with Crippen molar-refractivity contribution in [2.75, 3.05) is 42.7 Å². The molecule has 0 aromatic heterocycles. The van der Waals surface area contributed by atoms with Crippen LogP contribution in [0.3, 0.4) is 0 Å². The van der Waals surface area contributed by atoms with Crippen LogP contribution in [0.1, 0.15) is 45.9 Å². The van der Waals surface area contributed by atoms with E-state index in [1.807, 2.05) is 0 Å². The largest absolute Gasteiger partial charge is 0.493 e. The molecule has 12 heteroatoms. The fraction of sp³-hybridized carbons (Fsp3) is 0.300. The number of rotatable bonds is 13. The molecule has 0 amide bonds. The summed E-state index contributed by atoms with van der Waals surface area (Å²) in [5.41, 5.74) is 2.55. The molecule has 52 heavy (non-hydrogen) atoms. The average Bonchev–Trinajstić information content (AvgIpc) is 3.20. The summed E-state index contributed by atoms with van der Waals surface area (Å²) >= 11 is 0. The molecule has 0 spiro atoms. The van der Waals surface area contributed by atoms with E-state index in [0.29, 0.717) is 50.8 Å². The quantitative estimate of drug-likeness (QED) is 0.127. The van der Waals surface area contributed by atoms with Gasteiger partial charge in [0.1, 0.15) is 0 Å². The molecule has 0 aliphatic heterocycles. The lowest BCUT2D eigenvalue weighted by molar-refractivity contribution is -0.178. The second kappa shape index (κ2) is 16.8. The van der Waals surface area contributed by atoms with E-state index in [-0.39, 0.29) is 6.42 Å². The molecular formula is C40H40O12. The number of methoxy groups -OCH3 is 6. The molecular weight excluding hydrogens is 672 g/mol. The second-order valence-electron chi connectivity index (χ2n) is 11.8. The van der Waals surface area contributed by atoms with Gasteiger partial charge < -0.3 is 37.9 Å². The Hall–Kier alpha value is -6.04. The predicted molar refractivity (Wildman–Crippen MR) is 186 cm³/mol. The van der Waals surface area contributed by atoms with E-state index in [4.69, 9.17) is 37.9 Å². The number of hydrogen-bond donors (Lipinski definition) is 0. The van der Waals surface area contributed by atoms with Crippen LogP contribution in [0.2, 0.25) is 0 Å². The van der Waals surface area contributed by atoms with Gasteiger partial charge >= 0.3 is 23.9 Å². The van der Waals surface area contributed by atoms with Crippen LogP contribution >= 0.6 is 0 Å². The molecule has 4 aromatic carbocycles. The Bertz CT molecular complexity index is 1890. The van der Waals surface area contributed by atoms with Crippen LogP contribution in [0.15, 0.2) is 91.0 Å². The Balaban J connectivity index is 1.72. The Morgan fingerprint density at radius 1 is 0.558 bits per heavy atom. The number of hydrogen-bond acceptors (Lipinski definition) is 12. The molecule has 0 unspecified atom stereocenters. The number of ether oxygens (including phenoxy) is 8.